The van der Waals surface area contributed by atoms with Crippen molar-refractivity contribution in [1.82, 2.24) is 10.3 Å². The van der Waals surface area contributed by atoms with Crippen LogP contribution in [0.1, 0.15) is 34.0 Å². The average Bonchev–Trinajstić information content (AvgIpc) is 2.96. The number of hydrogen-bond acceptors (Lipinski definition) is 5. The number of carbonyl (C=O) groups is 1. The smallest absolute Gasteiger partial charge is 0.271 e. The van der Waals surface area contributed by atoms with Crippen LogP contribution < -0.4 is 15.8 Å². The second-order valence-corrected chi connectivity index (χ2v) is 5.21. The molecule has 0 aliphatic carbocycles. The number of nitrogens with one attached hydrogen (secondary N) is 1. The topological polar surface area (TPSA) is 77.2 Å². The van der Waals surface area contributed by atoms with E-state index in [9.17, 15) is 4.79 Å². The van der Waals surface area contributed by atoms with Gasteiger partial charge in [-0.15, -0.1) is 11.3 Å². The Bertz CT molecular complexity index is 598. The lowest BCUT2D eigenvalue weighted by atomic mass is 10.1. The molecule has 20 heavy (non-hydrogen) atoms. The normalized spacial score (nSPS) is 11.9. The van der Waals surface area contributed by atoms with Gasteiger partial charge in [0.05, 0.1) is 13.2 Å². The Labute approximate surface area is 121 Å². The van der Waals surface area contributed by atoms with Gasteiger partial charge in [0.25, 0.3) is 5.91 Å². The molecule has 3 N–H and O–H groups in total. The van der Waals surface area contributed by atoms with Crippen LogP contribution in [0.25, 0.3) is 0 Å². The van der Waals surface area contributed by atoms with Crippen LogP contribution in [0.4, 0.5) is 0 Å². The number of para-hydroxylation sites is 1. The monoisotopic (exact) mass is 291 g/mol. The Balaban J connectivity index is 2.10. The van der Waals surface area contributed by atoms with E-state index in [-0.39, 0.29) is 11.9 Å². The Kier molecular flexibility index (Phi) is 4.70. The first-order valence-corrected chi connectivity index (χ1v) is 7.12. The first-order valence-electron chi connectivity index (χ1n) is 6.24. The predicted molar refractivity (Wildman–Crippen MR) is 78.9 cm³/mol. The summed E-state index contributed by atoms with van der Waals surface area (Å²) in [6.07, 6.45) is 0. The van der Waals surface area contributed by atoms with Gasteiger partial charge in [-0.05, 0) is 13.0 Å². The fraction of sp³-hybridized carbons (Fsp3) is 0.286. The minimum absolute atomic E-state index is 0.165. The van der Waals surface area contributed by atoms with Crippen molar-refractivity contribution in [3.05, 3.63) is 45.9 Å². The van der Waals surface area contributed by atoms with E-state index >= 15 is 0 Å². The summed E-state index contributed by atoms with van der Waals surface area (Å²) in [5, 5.41) is 5.37. The molecular weight excluding hydrogens is 274 g/mol. The maximum Gasteiger partial charge on any atom is 0.271 e. The van der Waals surface area contributed by atoms with Gasteiger partial charge < -0.3 is 15.8 Å². The SMILES string of the molecule is COc1ccccc1[C@@H](C)NC(=O)c1csc(CN)n1. The number of hydrogen-bond donors (Lipinski definition) is 2. The quantitative estimate of drug-likeness (QED) is 0.884. The third kappa shape index (κ3) is 3.15. The minimum Gasteiger partial charge on any atom is -0.496 e. The fourth-order valence-electron chi connectivity index (χ4n) is 1.88. The molecule has 0 fully saturated rings. The number of rotatable bonds is 5. The molecule has 6 heteroatoms. The molecule has 1 amide bonds. The van der Waals surface area contributed by atoms with E-state index in [1.807, 2.05) is 31.2 Å². The second kappa shape index (κ2) is 6.49. The Morgan fingerprint density at radius 1 is 1.50 bits per heavy atom. The highest BCUT2D eigenvalue weighted by molar-refractivity contribution is 7.09. The summed E-state index contributed by atoms with van der Waals surface area (Å²) in [7, 11) is 1.61. The summed E-state index contributed by atoms with van der Waals surface area (Å²) < 4.78 is 5.29. The van der Waals surface area contributed by atoms with E-state index < -0.39 is 0 Å². The maximum atomic E-state index is 12.1. The van der Waals surface area contributed by atoms with Gasteiger partial charge >= 0.3 is 0 Å². The van der Waals surface area contributed by atoms with Gasteiger partial charge in [-0.3, -0.25) is 4.79 Å². The van der Waals surface area contributed by atoms with Gasteiger partial charge in [-0.1, -0.05) is 18.2 Å². The number of thiazole rings is 1. The van der Waals surface area contributed by atoms with Crippen molar-refractivity contribution in [3.8, 4) is 5.75 Å². The molecule has 0 unspecified atom stereocenters. The molecule has 0 saturated heterocycles. The van der Waals surface area contributed by atoms with Gasteiger partial charge in [-0.2, -0.15) is 0 Å². The molecule has 1 heterocycles. The van der Waals surface area contributed by atoms with Crippen LogP contribution in [0.2, 0.25) is 0 Å². The van der Waals surface area contributed by atoms with E-state index in [4.69, 9.17) is 10.5 Å². The highest BCUT2D eigenvalue weighted by atomic mass is 32.1. The number of methoxy groups -OCH3 is 1. The van der Waals surface area contributed by atoms with Crippen LogP contribution in [0, 0.1) is 0 Å². The van der Waals surface area contributed by atoms with Crippen molar-refractivity contribution in [2.24, 2.45) is 5.73 Å². The first kappa shape index (κ1) is 14.5. The van der Waals surface area contributed by atoms with Gasteiger partial charge in [0.2, 0.25) is 0 Å². The summed E-state index contributed by atoms with van der Waals surface area (Å²) in [6, 6.07) is 7.44. The van der Waals surface area contributed by atoms with Crippen LogP contribution in [-0.4, -0.2) is 18.0 Å². The van der Waals surface area contributed by atoms with Crippen LogP contribution in [-0.2, 0) is 6.54 Å². The van der Waals surface area contributed by atoms with Crippen molar-refractivity contribution >= 4 is 17.2 Å². The maximum absolute atomic E-state index is 12.1. The molecular formula is C14H17N3O2S. The molecule has 0 aliphatic heterocycles. The molecule has 0 aliphatic rings. The van der Waals surface area contributed by atoms with Crippen LogP contribution >= 0.6 is 11.3 Å². The number of ether oxygens (including phenoxy) is 1. The summed E-state index contributed by atoms with van der Waals surface area (Å²) in [5.74, 6) is 0.542. The molecule has 0 bridgehead atoms. The zero-order valence-corrected chi connectivity index (χ0v) is 12.2. The molecule has 0 radical (unpaired) electrons. The van der Waals surface area contributed by atoms with Crippen LogP contribution in [0.3, 0.4) is 0 Å². The van der Waals surface area contributed by atoms with E-state index in [0.29, 0.717) is 12.2 Å². The highest BCUT2D eigenvalue weighted by Crippen LogP contribution is 2.24. The molecule has 0 saturated carbocycles. The fourth-order valence-corrected chi connectivity index (χ4v) is 2.54. The summed E-state index contributed by atoms with van der Waals surface area (Å²) in [5.41, 5.74) is 6.82. The predicted octanol–water partition coefficient (Wildman–Crippen LogP) is 2.10. The molecule has 106 valence electrons. The van der Waals surface area contributed by atoms with Crippen molar-refractivity contribution in [2.45, 2.75) is 19.5 Å². The number of nitrogens with two attached hydrogens (primary N) is 1. The molecule has 1 atom stereocenters. The second-order valence-electron chi connectivity index (χ2n) is 4.27. The van der Waals surface area contributed by atoms with Gasteiger partial charge in [0.1, 0.15) is 16.5 Å². The third-order valence-corrected chi connectivity index (χ3v) is 3.78. The Morgan fingerprint density at radius 3 is 2.90 bits per heavy atom. The van der Waals surface area contributed by atoms with Gasteiger partial charge in [0.15, 0.2) is 0 Å². The van der Waals surface area contributed by atoms with Crippen LogP contribution in [0.5, 0.6) is 5.75 Å². The lowest BCUT2D eigenvalue weighted by molar-refractivity contribution is 0.0935. The Morgan fingerprint density at radius 2 is 2.25 bits per heavy atom. The number of aromatic nitrogens is 1. The zero-order valence-electron chi connectivity index (χ0n) is 11.4. The molecule has 0 spiro atoms. The average molecular weight is 291 g/mol. The van der Waals surface area contributed by atoms with Crippen molar-refractivity contribution in [1.29, 1.82) is 0 Å². The van der Waals surface area contributed by atoms with Crippen molar-refractivity contribution < 1.29 is 9.53 Å². The number of amides is 1. The largest absolute Gasteiger partial charge is 0.496 e. The number of carbonyl (C=O) groups excluding carboxylic acids is 1. The first-order chi connectivity index (χ1) is 9.65. The van der Waals surface area contributed by atoms with Crippen molar-refractivity contribution in [2.75, 3.05) is 7.11 Å². The van der Waals surface area contributed by atoms with E-state index in [1.165, 1.54) is 11.3 Å². The molecule has 5 nitrogen and oxygen atoms in total. The van der Waals surface area contributed by atoms with E-state index in [2.05, 4.69) is 10.3 Å². The molecule has 1 aromatic heterocycles. The standard InChI is InChI=1S/C14H17N3O2S/c1-9(10-5-3-4-6-12(10)19-2)16-14(18)11-8-20-13(7-15)17-11/h3-6,8-9H,7,15H2,1-2H3,(H,16,18)/t9-/m1/s1. The van der Waals surface area contributed by atoms with Gasteiger partial charge in [-0.25, -0.2) is 4.98 Å². The molecule has 2 aromatic rings. The molecule has 2 rings (SSSR count). The lowest BCUT2D eigenvalue weighted by Crippen LogP contribution is -2.27. The van der Waals surface area contributed by atoms with Crippen LogP contribution in [0.15, 0.2) is 29.6 Å². The summed E-state index contributed by atoms with van der Waals surface area (Å²) in [6.45, 7) is 2.26. The van der Waals surface area contributed by atoms with E-state index in [1.54, 1.807) is 12.5 Å². The van der Waals surface area contributed by atoms with Gasteiger partial charge in [0, 0.05) is 17.5 Å². The third-order valence-electron chi connectivity index (χ3n) is 2.91. The molecule has 1 aromatic carbocycles. The highest BCUT2D eigenvalue weighted by Gasteiger charge is 2.16. The summed E-state index contributed by atoms with van der Waals surface area (Å²) >= 11 is 1.39. The van der Waals surface area contributed by atoms with E-state index in [0.717, 1.165) is 16.3 Å². The Hall–Kier alpha value is -1.92. The number of nitrogens with zero attached hydrogens (tertiary/aromatic N) is 1. The zero-order chi connectivity index (χ0) is 14.5. The summed E-state index contributed by atoms with van der Waals surface area (Å²) in [4.78, 5) is 16.3. The minimum atomic E-state index is -0.209. The number of benzene rings is 1. The van der Waals surface area contributed by atoms with Crippen molar-refractivity contribution in [3.63, 3.8) is 0 Å². The lowest BCUT2D eigenvalue weighted by Gasteiger charge is -2.16.